The summed E-state index contributed by atoms with van der Waals surface area (Å²) >= 11 is 0. The van der Waals surface area contributed by atoms with Crippen molar-refractivity contribution in [2.75, 3.05) is 14.2 Å². The van der Waals surface area contributed by atoms with E-state index in [0.29, 0.717) is 0 Å². The van der Waals surface area contributed by atoms with Crippen molar-refractivity contribution in [3.05, 3.63) is 29.6 Å². The maximum atomic E-state index is 11.6. The van der Waals surface area contributed by atoms with E-state index in [4.69, 9.17) is 9.47 Å². The van der Waals surface area contributed by atoms with Gasteiger partial charge in [0, 0.05) is 26.1 Å². The van der Waals surface area contributed by atoms with Gasteiger partial charge in [0.05, 0.1) is 6.42 Å². The molecule has 0 aromatic carbocycles. The van der Waals surface area contributed by atoms with Crippen molar-refractivity contribution in [2.24, 2.45) is 0 Å². The van der Waals surface area contributed by atoms with Crippen LogP contribution in [-0.2, 0) is 27.1 Å². The first-order valence-electron chi connectivity index (χ1n) is 5.23. The lowest BCUT2D eigenvalue weighted by Crippen LogP contribution is -2.26. The summed E-state index contributed by atoms with van der Waals surface area (Å²) in [5.74, 6) is -0.123. The van der Waals surface area contributed by atoms with E-state index in [1.807, 2.05) is 12.1 Å². The van der Waals surface area contributed by atoms with Crippen molar-refractivity contribution in [3.63, 3.8) is 0 Å². The lowest BCUT2D eigenvalue weighted by atomic mass is 10.1. The predicted molar refractivity (Wildman–Crippen MR) is 60.1 cm³/mol. The number of Topliss-reactive ketones (excluding diaryl/α,β-unsaturated/α-hetero) is 1. The van der Waals surface area contributed by atoms with E-state index in [2.05, 4.69) is 11.9 Å². The highest BCUT2D eigenvalue weighted by molar-refractivity contribution is 5.83. The standard InChI is InChI=1S/C12H17NO3/c1-4-9-5-6-10(13-8-9)7-11(14)12(15-2)16-3/h5-6,8,12H,4,7H2,1-3H3. The predicted octanol–water partition coefficient (Wildman–Crippen LogP) is 1.37. The topological polar surface area (TPSA) is 48.4 Å². The minimum Gasteiger partial charge on any atom is -0.349 e. The summed E-state index contributed by atoms with van der Waals surface area (Å²) < 4.78 is 9.76. The number of aromatic nitrogens is 1. The van der Waals surface area contributed by atoms with E-state index in [9.17, 15) is 4.79 Å². The highest BCUT2D eigenvalue weighted by Crippen LogP contribution is 2.04. The van der Waals surface area contributed by atoms with E-state index in [1.54, 1.807) is 6.20 Å². The Labute approximate surface area is 95.6 Å². The SMILES string of the molecule is CCc1ccc(CC(=O)C(OC)OC)nc1. The summed E-state index contributed by atoms with van der Waals surface area (Å²) in [7, 11) is 2.89. The molecule has 0 spiro atoms. The fourth-order valence-corrected chi connectivity index (χ4v) is 1.39. The third-order valence-corrected chi connectivity index (χ3v) is 2.34. The summed E-state index contributed by atoms with van der Waals surface area (Å²) in [6, 6.07) is 3.84. The quantitative estimate of drug-likeness (QED) is 0.683. The molecular weight excluding hydrogens is 206 g/mol. The Kier molecular flexibility index (Phi) is 5.08. The van der Waals surface area contributed by atoms with Gasteiger partial charge in [-0.3, -0.25) is 9.78 Å². The van der Waals surface area contributed by atoms with Crippen LogP contribution in [0.1, 0.15) is 18.2 Å². The van der Waals surface area contributed by atoms with Crippen LogP contribution in [-0.4, -0.2) is 31.3 Å². The zero-order valence-electron chi connectivity index (χ0n) is 9.90. The van der Waals surface area contributed by atoms with Gasteiger partial charge in [0.25, 0.3) is 0 Å². The minimum absolute atomic E-state index is 0.123. The Balaban J connectivity index is 2.62. The zero-order valence-corrected chi connectivity index (χ0v) is 9.90. The number of hydrogen-bond acceptors (Lipinski definition) is 4. The first kappa shape index (κ1) is 12.8. The number of aryl methyl sites for hydroxylation is 1. The molecule has 0 aliphatic heterocycles. The first-order chi connectivity index (χ1) is 7.71. The maximum absolute atomic E-state index is 11.6. The lowest BCUT2D eigenvalue weighted by molar-refractivity contribution is -0.156. The molecule has 16 heavy (non-hydrogen) atoms. The van der Waals surface area contributed by atoms with Crippen LogP contribution < -0.4 is 0 Å². The second-order valence-corrected chi connectivity index (χ2v) is 3.46. The number of methoxy groups -OCH3 is 2. The number of carbonyl (C=O) groups is 1. The summed E-state index contributed by atoms with van der Waals surface area (Å²) in [6.07, 6.45) is 2.17. The number of rotatable bonds is 6. The Morgan fingerprint density at radius 2 is 2.06 bits per heavy atom. The van der Waals surface area contributed by atoms with Gasteiger partial charge in [-0.1, -0.05) is 13.0 Å². The highest BCUT2D eigenvalue weighted by Gasteiger charge is 2.17. The van der Waals surface area contributed by atoms with Crippen LogP contribution in [0.25, 0.3) is 0 Å². The fraction of sp³-hybridized carbons (Fsp3) is 0.500. The summed E-state index contributed by atoms with van der Waals surface area (Å²) in [4.78, 5) is 15.8. The van der Waals surface area contributed by atoms with Gasteiger partial charge >= 0.3 is 0 Å². The van der Waals surface area contributed by atoms with Crippen molar-refractivity contribution in [1.82, 2.24) is 4.98 Å². The molecular formula is C12H17NO3. The maximum Gasteiger partial charge on any atom is 0.217 e. The molecule has 1 rings (SSSR count). The molecule has 0 amide bonds. The van der Waals surface area contributed by atoms with Crippen molar-refractivity contribution in [3.8, 4) is 0 Å². The molecule has 0 aliphatic carbocycles. The Bertz CT molecular complexity index is 331. The van der Waals surface area contributed by atoms with E-state index in [-0.39, 0.29) is 12.2 Å². The smallest absolute Gasteiger partial charge is 0.217 e. The zero-order chi connectivity index (χ0) is 12.0. The van der Waals surface area contributed by atoms with Crippen LogP contribution in [0.2, 0.25) is 0 Å². The molecule has 0 saturated carbocycles. The molecule has 0 unspecified atom stereocenters. The molecule has 1 heterocycles. The van der Waals surface area contributed by atoms with E-state index < -0.39 is 6.29 Å². The summed E-state index contributed by atoms with van der Waals surface area (Å²) in [5, 5.41) is 0. The number of ether oxygens (including phenoxy) is 2. The van der Waals surface area contributed by atoms with Crippen molar-refractivity contribution in [2.45, 2.75) is 26.1 Å². The Morgan fingerprint density at radius 3 is 2.50 bits per heavy atom. The molecule has 1 aromatic rings. The van der Waals surface area contributed by atoms with Gasteiger partial charge in [0.1, 0.15) is 0 Å². The van der Waals surface area contributed by atoms with E-state index in [0.717, 1.165) is 17.7 Å². The number of pyridine rings is 1. The Morgan fingerprint density at radius 1 is 1.38 bits per heavy atom. The summed E-state index contributed by atoms with van der Waals surface area (Å²) in [5.41, 5.74) is 1.90. The van der Waals surface area contributed by atoms with Crippen molar-refractivity contribution >= 4 is 5.78 Å². The van der Waals surface area contributed by atoms with Gasteiger partial charge in [0.2, 0.25) is 6.29 Å². The fourth-order valence-electron chi connectivity index (χ4n) is 1.39. The number of ketones is 1. The second kappa shape index (κ2) is 6.35. The average Bonchev–Trinajstić information content (AvgIpc) is 2.31. The Hall–Kier alpha value is -1.26. The second-order valence-electron chi connectivity index (χ2n) is 3.46. The van der Waals surface area contributed by atoms with Gasteiger partial charge in [0.15, 0.2) is 5.78 Å². The molecule has 0 N–H and O–H groups in total. The van der Waals surface area contributed by atoms with E-state index in [1.165, 1.54) is 14.2 Å². The molecule has 88 valence electrons. The van der Waals surface area contributed by atoms with Crippen LogP contribution in [0.15, 0.2) is 18.3 Å². The van der Waals surface area contributed by atoms with Crippen LogP contribution in [0.3, 0.4) is 0 Å². The van der Waals surface area contributed by atoms with Crippen LogP contribution in [0.5, 0.6) is 0 Å². The van der Waals surface area contributed by atoms with Gasteiger partial charge in [-0.15, -0.1) is 0 Å². The van der Waals surface area contributed by atoms with Crippen molar-refractivity contribution in [1.29, 1.82) is 0 Å². The van der Waals surface area contributed by atoms with E-state index >= 15 is 0 Å². The molecule has 0 bridgehead atoms. The third kappa shape index (κ3) is 3.40. The molecule has 0 aliphatic rings. The molecule has 0 radical (unpaired) electrons. The molecule has 0 fully saturated rings. The van der Waals surface area contributed by atoms with Gasteiger partial charge in [-0.25, -0.2) is 0 Å². The van der Waals surface area contributed by atoms with Gasteiger partial charge < -0.3 is 9.47 Å². The highest BCUT2D eigenvalue weighted by atomic mass is 16.7. The lowest BCUT2D eigenvalue weighted by Gasteiger charge is -2.11. The third-order valence-electron chi connectivity index (χ3n) is 2.34. The molecule has 4 nitrogen and oxygen atoms in total. The van der Waals surface area contributed by atoms with Crippen LogP contribution in [0.4, 0.5) is 0 Å². The number of nitrogens with zero attached hydrogens (tertiary/aromatic N) is 1. The largest absolute Gasteiger partial charge is 0.349 e. The minimum atomic E-state index is -0.798. The molecule has 1 aromatic heterocycles. The van der Waals surface area contributed by atoms with Crippen LogP contribution in [0, 0.1) is 0 Å². The molecule has 0 saturated heterocycles. The van der Waals surface area contributed by atoms with Crippen LogP contribution >= 0.6 is 0 Å². The van der Waals surface area contributed by atoms with Gasteiger partial charge in [-0.2, -0.15) is 0 Å². The van der Waals surface area contributed by atoms with Crippen molar-refractivity contribution < 1.29 is 14.3 Å². The van der Waals surface area contributed by atoms with Gasteiger partial charge in [-0.05, 0) is 18.1 Å². The molecule has 4 heteroatoms. The number of carbonyl (C=O) groups excluding carboxylic acids is 1. The summed E-state index contributed by atoms with van der Waals surface area (Å²) in [6.45, 7) is 2.06. The normalized spacial score (nSPS) is 10.8. The molecule has 0 atom stereocenters. The average molecular weight is 223 g/mol. The first-order valence-corrected chi connectivity index (χ1v) is 5.23. The number of hydrogen-bond donors (Lipinski definition) is 0. The monoisotopic (exact) mass is 223 g/mol.